The molecule has 3 heterocycles. The van der Waals surface area contributed by atoms with Crippen LogP contribution in [0.15, 0.2) is 109 Å². The predicted octanol–water partition coefficient (Wildman–Crippen LogP) is 9.67. The van der Waals surface area contributed by atoms with Crippen LogP contribution >= 0.6 is 15.7 Å². The summed E-state index contributed by atoms with van der Waals surface area (Å²) in [5, 5.41) is 32.9. The van der Waals surface area contributed by atoms with Gasteiger partial charge >= 0.3 is 59.6 Å². The van der Waals surface area contributed by atoms with Crippen LogP contribution in [0.5, 0.6) is 0 Å². The van der Waals surface area contributed by atoms with Gasteiger partial charge in [0.05, 0.1) is 29.2 Å². The fourth-order valence-electron chi connectivity index (χ4n) is 5.44. The van der Waals surface area contributed by atoms with Gasteiger partial charge in [-0.25, -0.2) is 15.3 Å². The smallest absolute Gasteiger partial charge is 0.0622 e. The largest absolute Gasteiger partial charge is 2.00 e. The van der Waals surface area contributed by atoms with Crippen LogP contribution in [0.2, 0.25) is 0 Å². The van der Waals surface area contributed by atoms with E-state index < -0.39 is 22.8 Å². The van der Waals surface area contributed by atoms with Crippen molar-refractivity contribution in [2.75, 3.05) is 0 Å². The van der Waals surface area contributed by atoms with Crippen molar-refractivity contribution in [2.45, 2.75) is 55.4 Å². The average Bonchev–Trinajstić information content (AvgIpc) is 3.72. The summed E-state index contributed by atoms with van der Waals surface area (Å²) >= 11 is 0. The van der Waals surface area contributed by atoms with Crippen molar-refractivity contribution in [1.29, 1.82) is 10.5 Å². The third kappa shape index (κ3) is 17.6. The molecule has 0 unspecified atom stereocenters. The Labute approximate surface area is 332 Å². The van der Waals surface area contributed by atoms with Gasteiger partial charge in [0.1, 0.15) is 0 Å². The van der Waals surface area contributed by atoms with Crippen LogP contribution < -0.4 is 15.9 Å². The fourth-order valence-corrected chi connectivity index (χ4v) is 7.75. The van der Waals surface area contributed by atoms with Crippen LogP contribution in [-0.2, 0) is 19.5 Å². The molecular weight excluding hydrogens is 844 g/mol. The summed E-state index contributed by atoms with van der Waals surface area (Å²) in [6.07, 6.45) is 0. The predicted molar refractivity (Wildman–Crippen MR) is 210 cm³/mol. The Balaban J connectivity index is 0.000000416. The van der Waals surface area contributed by atoms with E-state index in [0.29, 0.717) is 0 Å². The molecule has 0 saturated carbocycles. The van der Waals surface area contributed by atoms with Crippen molar-refractivity contribution in [3.63, 3.8) is 0 Å². The van der Waals surface area contributed by atoms with Crippen LogP contribution in [0.4, 0.5) is 25.2 Å². The van der Waals surface area contributed by atoms with Gasteiger partial charge in [0.2, 0.25) is 0 Å². The Morgan fingerprint density at radius 3 is 0.873 bits per heavy atom. The molecule has 0 amide bonds. The minimum absolute atomic E-state index is 0. The molecule has 3 aromatic heterocycles. The average molecular weight is 888 g/mol. The molecule has 0 atom stereocenters. The summed E-state index contributed by atoms with van der Waals surface area (Å²) in [6.45, 7) is 15.2. The van der Waals surface area contributed by atoms with E-state index in [1.165, 1.54) is 29.8 Å². The minimum atomic E-state index is -10.7. The van der Waals surface area contributed by atoms with E-state index in [0.717, 1.165) is 34.2 Å². The SMILES string of the molecule is CC#N.CC#N.Cc1cc(C)n([BH-](n2nc(C)cc2C)n2nc(C)cc2C)n1.F[P-](F)(F)(F)(F)F.[Ru+2].c1ccc(P(c2ccccc2)c2ccccc2)cc1. The molecule has 55 heavy (non-hydrogen) atoms. The Morgan fingerprint density at radius 1 is 0.509 bits per heavy atom. The first-order valence-electron chi connectivity index (χ1n) is 16.5. The number of hydrogen-bond donors (Lipinski definition) is 0. The van der Waals surface area contributed by atoms with E-state index in [-0.39, 0.29) is 19.5 Å². The molecule has 0 radical (unpaired) electrons. The van der Waals surface area contributed by atoms with Gasteiger partial charge in [0.15, 0.2) is 0 Å². The molecule has 0 spiro atoms. The molecule has 0 N–H and O–H groups in total. The molecule has 0 fully saturated rings. The number of benzene rings is 3. The number of nitrogens with zero attached hydrogens (tertiary/aromatic N) is 8. The molecule has 0 bridgehead atoms. The van der Waals surface area contributed by atoms with Gasteiger partial charge in [0, 0.05) is 13.8 Å². The second-order valence-corrected chi connectivity index (χ2v) is 16.1. The van der Waals surface area contributed by atoms with E-state index in [2.05, 4.69) is 144 Å². The van der Waals surface area contributed by atoms with Gasteiger partial charge in [-0.15, -0.1) is 0 Å². The molecule has 0 aliphatic heterocycles. The van der Waals surface area contributed by atoms with Gasteiger partial charge in [-0.3, -0.25) is 0 Å². The van der Waals surface area contributed by atoms with E-state index in [1.807, 2.05) is 20.8 Å². The number of hydrogen-bond acceptors (Lipinski definition) is 5. The van der Waals surface area contributed by atoms with Gasteiger partial charge < -0.3 is 13.8 Å². The first-order valence-corrected chi connectivity index (χ1v) is 19.9. The topological polar surface area (TPSA) is 101 Å². The van der Waals surface area contributed by atoms with Crippen LogP contribution in [0, 0.1) is 64.2 Å². The van der Waals surface area contributed by atoms with Crippen molar-refractivity contribution in [1.82, 2.24) is 29.1 Å². The number of rotatable bonds is 6. The maximum atomic E-state index is 9.87. The van der Waals surface area contributed by atoms with Gasteiger partial charge in [0.25, 0.3) is 0 Å². The van der Waals surface area contributed by atoms with E-state index in [4.69, 9.17) is 25.8 Å². The summed E-state index contributed by atoms with van der Waals surface area (Å²) in [4.78, 5) is 0. The number of aromatic nitrogens is 6. The first kappa shape index (κ1) is 48.4. The van der Waals surface area contributed by atoms with E-state index in [9.17, 15) is 25.2 Å². The molecule has 3 aromatic carbocycles. The van der Waals surface area contributed by atoms with Crippen LogP contribution in [-0.4, -0.2) is 36.2 Å². The fraction of sp³-hybridized carbons (Fsp3) is 0.216. The zero-order chi connectivity index (χ0) is 40.8. The summed E-state index contributed by atoms with van der Waals surface area (Å²) < 4.78 is 65.4. The molecule has 6 rings (SSSR count). The van der Waals surface area contributed by atoms with Gasteiger partial charge in [-0.05, 0) is 101 Å². The van der Waals surface area contributed by atoms with Crippen LogP contribution in [0.25, 0.3) is 0 Å². The summed E-state index contributed by atoms with van der Waals surface area (Å²) in [7, 11) is -12.4. The summed E-state index contributed by atoms with van der Waals surface area (Å²) in [5.74, 6) is 0. The van der Waals surface area contributed by atoms with Gasteiger partial charge in [-0.2, -0.15) is 10.5 Å². The summed E-state index contributed by atoms with van der Waals surface area (Å²) in [5.41, 5.74) is 6.40. The van der Waals surface area contributed by atoms with E-state index >= 15 is 0 Å². The zero-order valence-electron chi connectivity index (χ0n) is 31.7. The zero-order valence-corrected chi connectivity index (χ0v) is 35.2. The molecule has 0 aliphatic carbocycles. The normalized spacial score (nSPS) is 11.5. The minimum Gasteiger partial charge on any atom is -0.0622 e. The molecule has 8 nitrogen and oxygen atoms in total. The van der Waals surface area contributed by atoms with Crippen molar-refractivity contribution in [3.05, 3.63) is 143 Å². The Morgan fingerprint density at radius 2 is 0.709 bits per heavy atom. The molecule has 0 aliphatic rings. The first-order chi connectivity index (χ1) is 25.1. The number of aryl methyl sites for hydroxylation is 6. The van der Waals surface area contributed by atoms with Crippen molar-refractivity contribution in [2.24, 2.45) is 0 Å². The third-order valence-corrected chi connectivity index (χ3v) is 9.60. The molecule has 0 saturated heterocycles. The van der Waals surface area contributed by atoms with Crippen LogP contribution in [0.1, 0.15) is 48.0 Å². The summed E-state index contributed by atoms with van der Waals surface area (Å²) in [6, 6.07) is 42.1. The molecule has 294 valence electrons. The van der Waals surface area contributed by atoms with Crippen molar-refractivity contribution < 1.29 is 44.7 Å². The number of halogens is 6. The quantitative estimate of drug-likeness (QED) is 0.0943. The monoisotopic (exact) mass is 888 g/mol. The number of nitriles is 2. The molecule has 18 heteroatoms. The van der Waals surface area contributed by atoms with E-state index in [1.54, 1.807) is 12.1 Å². The second kappa shape index (κ2) is 20.4. The molecule has 6 aromatic rings. The van der Waals surface area contributed by atoms with Crippen molar-refractivity contribution in [3.8, 4) is 12.1 Å². The maximum Gasteiger partial charge on any atom is 2.00 e. The molecular formula is C37H43BF6N8P2Ru. The standard InChI is InChI=1S/C18H15P.C15H22BN6.2C2H3N.F6P.Ru/c1-4-10-16(11-5-1)19(17-12-6-2-7-13-17)18-14-8-3-9-15-18;1-10-7-13(4)20(17-10)16(21-14(5)8-11(2)18-21)22-15(6)9-12(3)19-22;2*1-2-3;1-7(2,3,4,5)6;/h1-15H;7-9,16H,1-6H3;2*1H3;;/q;-1;;;-1;+2. The maximum absolute atomic E-state index is 10.7. The van der Waals surface area contributed by atoms with Gasteiger partial charge in [-0.1, -0.05) is 91.0 Å². The van der Waals surface area contributed by atoms with Crippen LogP contribution in [0.3, 0.4) is 0 Å². The van der Waals surface area contributed by atoms with Crippen molar-refractivity contribution >= 4 is 38.8 Å². The third-order valence-electron chi connectivity index (χ3n) is 7.16. The second-order valence-electron chi connectivity index (χ2n) is 12.0. The Bertz CT molecular complexity index is 1920. The Hall–Kier alpha value is -4.60. The Kier molecular flexibility index (Phi) is 17.9.